The van der Waals surface area contributed by atoms with E-state index >= 15 is 0 Å². The third kappa shape index (κ3) is 6.42. The second-order valence-corrected chi connectivity index (χ2v) is 7.15. The van der Waals surface area contributed by atoms with E-state index in [2.05, 4.69) is 10.6 Å². The zero-order valence-corrected chi connectivity index (χ0v) is 19.9. The molecule has 1 amide bonds. The van der Waals surface area contributed by atoms with Gasteiger partial charge in [0.15, 0.2) is 0 Å². The largest absolute Gasteiger partial charge is 0.481 e. The Kier molecular flexibility index (Phi) is 10.1. The van der Waals surface area contributed by atoms with E-state index < -0.39 is 5.97 Å². The highest BCUT2D eigenvalue weighted by Crippen LogP contribution is 2.24. The molecule has 1 saturated heterocycles. The maximum absolute atomic E-state index is 12.3. The number of hydrogen-bond acceptors (Lipinski definition) is 5. The summed E-state index contributed by atoms with van der Waals surface area (Å²) in [6.45, 7) is 2.24. The molecule has 1 aliphatic rings. The number of aromatic nitrogens is 2. The Morgan fingerprint density at radius 1 is 1.31 bits per heavy atom. The number of imidazole rings is 1. The molecule has 0 radical (unpaired) electrons. The fourth-order valence-electron chi connectivity index (χ4n) is 3.61. The number of carboxylic acids is 1. The number of anilines is 1. The molecule has 1 fully saturated rings. The Bertz CT molecular complexity index is 850. The van der Waals surface area contributed by atoms with Crippen molar-refractivity contribution in [1.29, 1.82) is 0 Å². The van der Waals surface area contributed by atoms with E-state index in [4.69, 9.17) is 15.8 Å². The number of carboxylic acid groups (broad SMARTS) is 1. The van der Waals surface area contributed by atoms with Crippen molar-refractivity contribution in [3.8, 4) is 0 Å². The molecule has 0 atom stereocenters. The van der Waals surface area contributed by atoms with Crippen LogP contribution in [0.4, 0.5) is 5.69 Å². The summed E-state index contributed by atoms with van der Waals surface area (Å²) >= 11 is 0. The molecule has 3 rings (SSSR count). The van der Waals surface area contributed by atoms with Gasteiger partial charge in [-0.25, -0.2) is 4.98 Å². The van der Waals surface area contributed by atoms with E-state index in [1.807, 2.05) is 11.6 Å². The minimum Gasteiger partial charge on any atom is -0.481 e. The normalized spacial score (nSPS) is 14.1. The molecule has 0 bridgehead atoms. The molecule has 1 aromatic carbocycles. The van der Waals surface area contributed by atoms with Crippen LogP contribution in [0.25, 0.3) is 11.0 Å². The summed E-state index contributed by atoms with van der Waals surface area (Å²) in [4.78, 5) is 27.6. The number of nitrogens with one attached hydrogen (secondary N) is 2. The number of piperidine rings is 1. The van der Waals surface area contributed by atoms with Gasteiger partial charge in [-0.15, -0.1) is 34.0 Å². The molecule has 162 valence electrons. The lowest BCUT2D eigenvalue weighted by Crippen LogP contribution is -2.28. The first kappa shape index (κ1) is 25.4. The van der Waals surface area contributed by atoms with E-state index in [1.165, 1.54) is 12.8 Å². The predicted molar refractivity (Wildman–Crippen MR) is 124 cm³/mol. The summed E-state index contributed by atoms with van der Waals surface area (Å²) in [6, 6.07) is 3.46. The summed E-state index contributed by atoms with van der Waals surface area (Å²) in [7, 11) is 1.97. The molecule has 5 N–H and O–H groups in total. The van der Waals surface area contributed by atoms with Crippen molar-refractivity contribution in [3.05, 3.63) is 23.5 Å². The molecular formula is C19H29Br2N5O3. The summed E-state index contributed by atoms with van der Waals surface area (Å²) in [5.41, 5.74) is 8.39. The number of hydrogen-bond donors (Lipinski definition) is 4. The monoisotopic (exact) mass is 533 g/mol. The van der Waals surface area contributed by atoms with Crippen LogP contribution in [0.2, 0.25) is 0 Å². The third-order valence-corrected chi connectivity index (χ3v) is 5.25. The number of halogens is 2. The Morgan fingerprint density at radius 3 is 2.66 bits per heavy atom. The highest BCUT2D eigenvalue weighted by atomic mass is 79.9. The van der Waals surface area contributed by atoms with Gasteiger partial charge in [-0.1, -0.05) is 0 Å². The zero-order valence-electron chi connectivity index (χ0n) is 16.4. The number of carbonyl (C=O) groups is 2. The third-order valence-electron chi connectivity index (χ3n) is 5.25. The number of amides is 1. The van der Waals surface area contributed by atoms with Crippen LogP contribution >= 0.6 is 34.0 Å². The van der Waals surface area contributed by atoms with Gasteiger partial charge in [0.1, 0.15) is 5.82 Å². The Hall–Kier alpha value is -1.65. The molecule has 29 heavy (non-hydrogen) atoms. The predicted octanol–water partition coefficient (Wildman–Crippen LogP) is 2.45. The Balaban J connectivity index is 0.00000210. The lowest BCUT2D eigenvalue weighted by Gasteiger charge is -2.22. The number of benzene rings is 1. The van der Waals surface area contributed by atoms with E-state index in [0.717, 1.165) is 48.7 Å². The summed E-state index contributed by atoms with van der Waals surface area (Å²) in [5.74, 6) is 0.387. The zero-order chi connectivity index (χ0) is 19.4. The number of aliphatic carboxylic acids is 1. The smallest absolute Gasteiger partial charge is 0.305 e. The van der Waals surface area contributed by atoms with Gasteiger partial charge < -0.3 is 26.0 Å². The number of rotatable bonds is 7. The Labute approximate surface area is 191 Å². The highest BCUT2D eigenvalue weighted by molar-refractivity contribution is 8.93. The van der Waals surface area contributed by atoms with Crippen LogP contribution in [0.1, 0.15) is 41.9 Å². The summed E-state index contributed by atoms with van der Waals surface area (Å²) < 4.78 is 2.04. The first-order chi connectivity index (χ1) is 13.0. The maximum atomic E-state index is 12.3. The molecule has 0 saturated carbocycles. The van der Waals surface area contributed by atoms with Crippen LogP contribution in [0.15, 0.2) is 12.1 Å². The topological polar surface area (TPSA) is 122 Å². The van der Waals surface area contributed by atoms with Crippen molar-refractivity contribution in [1.82, 2.24) is 20.2 Å². The van der Waals surface area contributed by atoms with Crippen molar-refractivity contribution < 1.29 is 14.7 Å². The standard InChI is InChI=1S/C19H27N5O3.2BrH/c1-24-16-11-14(20)13(19(27)22-9-6-18(25)26)10-15(16)23-17(24)3-2-12-4-7-21-8-5-12;;/h10-12,21H,2-9,20H2,1H3,(H,22,27)(H,25,26);2*1H. The summed E-state index contributed by atoms with van der Waals surface area (Å²) in [6.07, 6.45) is 4.29. The number of fused-ring (bicyclic) bond motifs is 1. The van der Waals surface area contributed by atoms with Gasteiger partial charge in [-0.2, -0.15) is 0 Å². The molecule has 2 heterocycles. The summed E-state index contributed by atoms with van der Waals surface area (Å²) in [5, 5.41) is 14.6. The minimum absolute atomic E-state index is 0. The SMILES string of the molecule is Br.Br.Cn1c(CCC2CCNCC2)nc2cc(C(=O)NCCC(=O)O)c(N)cc21. The molecule has 0 aliphatic carbocycles. The van der Waals surface area contributed by atoms with Crippen LogP contribution < -0.4 is 16.4 Å². The number of nitrogen functional groups attached to an aromatic ring is 1. The Morgan fingerprint density at radius 2 is 2.00 bits per heavy atom. The van der Waals surface area contributed by atoms with Gasteiger partial charge in [0.25, 0.3) is 5.91 Å². The van der Waals surface area contributed by atoms with Crippen molar-refractivity contribution >= 4 is 62.6 Å². The van der Waals surface area contributed by atoms with Crippen molar-refractivity contribution in [2.45, 2.75) is 32.1 Å². The van der Waals surface area contributed by atoms with Gasteiger partial charge in [-0.3, -0.25) is 9.59 Å². The molecule has 10 heteroatoms. The fraction of sp³-hybridized carbons (Fsp3) is 0.526. The molecule has 0 unspecified atom stereocenters. The van der Waals surface area contributed by atoms with Gasteiger partial charge in [0.05, 0.1) is 23.0 Å². The second-order valence-electron chi connectivity index (χ2n) is 7.15. The number of aryl methyl sites for hydroxylation is 2. The van der Waals surface area contributed by atoms with Gasteiger partial charge >= 0.3 is 5.97 Å². The molecular weight excluding hydrogens is 506 g/mol. The molecule has 1 aliphatic heterocycles. The van der Waals surface area contributed by atoms with Gasteiger partial charge in [0, 0.05) is 25.7 Å². The fourth-order valence-corrected chi connectivity index (χ4v) is 3.61. The maximum Gasteiger partial charge on any atom is 0.305 e. The number of nitrogens with two attached hydrogens (primary N) is 1. The van der Waals surface area contributed by atoms with Crippen LogP contribution in [0.5, 0.6) is 0 Å². The average Bonchev–Trinajstić information content (AvgIpc) is 2.95. The van der Waals surface area contributed by atoms with Crippen LogP contribution in [-0.4, -0.2) is 46.2 Å². The second kappa shape index (κ2) is 11.5. The first-order valence-corrected chi connectivity index (χ1v) is 9.41. The van der Waals surface area contributed by atoms with Crippen LogP contribution in [-0.2, 0) is 18.3 Å². The first-order valence-electron chi connectivity index (χ1n) is 9.41. The van der Waals surface area contributed by atoms with Crippen molar-refractivity contribution in [2.24, 2.45) is 13.0 Å². The quantitative estimate of drug-likeness (QED) is 0.405. The lowest BCUT2D eigenvalue weighted by atomic mass is 9.93. The van der Waals surface area contributed by atoms with Gasteiger partial charge in [-0.05, 0) is 50.4 Å². The molecule has 8 nitrogen and oxygen atoms in total. The lowest BCUT2D eigenvalue weighted by molar-refractivity contribution is -0.136. The van der Waals surface area contributed by atoms with Crippen molar-refractivity contribution in [3.63, 3.8) is 0 Å². The molecule has 1 aromatic heterocycles. The number of carbonyl (C=O) groups excluding carboxylic acids is 1. The average molecular weight is 535 g/mol. The van der Waals surface area contributed by atoms with E-state index in [-0.39, 0.29) is 52.8 Å². The van der Waals surface area contributed by atoms with Crippen molar-refractivity contribution in [2.75, 3.05) is 25.4 Å². The van der Waals surface area contributed by atoms with E-state index in [9.17, 15) is 9.59 Å². The molecule has 2 aromatic rings. The van der Waals surface area contributed by atoms with Gasteiger partial charge in [0.2, 0.25) is 0 Å². The van der Waals surface area contributed by atoms with E-state index in [1.54, 1.807) is 12.1 Å². The van der Waals surface area contributed by atoms with E-state index in [0.29, 0.717) is 11.3 Å². The highest BCUT2D eigenvalue weighted by Gasteiger charge is 2.17. The van der Waals surface area contributed by atoms with Crippen LogP contribution in [0, 0.1) is 5.92 Å². The molecule has 0 spiro atoms. The van der Waals surface area contributed by atoms with Crippen LogP contribution in [0.3, 0.4) is 0 Å². The minimum atomic E-state index is -0.957. The number of nitrogens with zero attached hydrogens (tertiary/aromatic N) is 2.